The van der Waals surface area contributed by atoms with Crippen molar-refractivity contribution < 1.29 is 4.74 Å². The number of morpholine rings is 1. The number of hydrogen-bond acceptors (Lipinski definition) is 5. The second-order valence-corrected chi connectivity index (χ2v) is 4.93. The lowest BCUT2D eigenvalue weighted by atomic mass is 10.3. The van der Waals surface area contributed by atoms with E-state index in [1.807, 2.05) is 11.4 Å². The highest BCUT2D eigenvalue weighted by molar-refractivity contribution is 7.16. The molecule has 3 rings (SSSR count). The molecule has 0 saturated carbocycles. The van der Waals surface area contributed by atoms with Crippen LogP contribution in [0.3, 0.4) is 0 Å². The molecule has 5 nitrogen and oxygen atoms in total. The molecule has 90 valence electrons. The van der Waals surface area contributed by atoms with Crippen LogP contribution in [-0.4, -0.2) is 35.4 Å². The van der Waals surface area contributed by atoms with E-state index in [9.17, 15) is 4.79 Å². The summed E-state index contributed by atoms with van der Waals surface area (Å²) in [6.07, 6.45) is 1.67. The maximum Gasteiger partial charge on any atom is 0.262 e. The van der Waals surface area contributed by atoms with Gasteiger partial charge in [-0.1, -0.05) is 0 Å². The van der Waals surface area contributed by atoms with Gasteiger partial charge in [0.2, 0.25) is 0 Å². The Kier molecular flexibility index (Phi) is 2.92. The van der Waals surface area contributed by atoms with E-state index in [0.29, 0.717) is 18.5 Å². The second-order valence-electron chi connectivity index (χ2n) is 4.04. The Morgan fingerprint density at radius 1 is 1.65 bits per heavy atom. The molecule has 0 bridgehead atoms. The Labute approximate surface area is 102 Å². The molecule has 0 spiro atoms. The molecule has 1 fully saturated rings. The van der Waals surface area contributed by atoms with E-state index >= 15 is 0 Å². The molecule has 1 N–H and O–H groups in total. The molecule has 1 saturated heterocycles. The van der Waals surface area contributed by atoms with Crippen molar-refractivity contribution in [3.63, 3.8) is 0 Å². The molecule has 1 atom stereocenters. The molecule has 1 aliphatic rings. The second kappa shape index (κ2) is 4.56. The molecule has 1 unspecified atom stereocenters. The van der Waals surface area contributed by atoms with E-state index in [4.69, 9.17) is 4.74 Å². The van der Waals surface area contributed by atoms with Crippen molar-refractivity contribution in [2.75, 3.05) is 19.7 Å². The van der Waals surface area contributed by atoms with E-state index < -0.39 is 0 Å². The quantitative estimate of drug-likeness (QED) is 0.842. The standard InChI is InChI=1S/C11H13N3O2S/c15-11-9-1-4-17-10(9)13-7-14(11)6-8-5-12-2-3-16-8/h1,4,7-8,12H,2-3,5-6H2. The lowest BCUT2D eigenvalue weighted by Gasteiger charge is -2.23. The molecular formula is C11H13N3O2S. The van der Waals surface area contributed by atoms with Gasteiger partial charge >= 0.3 is 0 Å². The van der Waals surface area contributed by atoms with Crippen molar-refractivity contribution in [3.05, 3.63) is 28.1 Å². The molecule has 0 aliphatic carbocycles. The van der Waals surface area contributed by atoms with Crippen molar-refractivity contribution in [2.24, 2.45) is 0 Å². The topological polar surface area (TPSA) is 56.2 Å². The molecular weight excluding hydrogens is 238 g/mol. The summed E-state index contributed by atoms with van der Waals surface area (Å²) >= 11 is 1.49. The first-order valence-corrected chi connectivity index (χ1v) is 6.47. The molecule has 3 heterocycles. The Morgan fingerprint density at radius 3 is 3.41 bits per heavy atom. The molecule has 0 radical (unpaired) electrons. The lowest BCUT2D eigenvalue weighted by molar-refractivity contribution is 0.0175. The van der Waals surface area contributed by atoms with Crippen LogP contribution in [0.5, 0.6) is 0 Å². The van der Waals surface area contributed by atoms with Crippen LogP contribution in [0.25, 0.3) is 10.2 Å². The Hall–Kier alpha value is -1.24. The van der Waals surface area contributed by atoms with E-state index in [-0.39, 0.29) is 11.7 Å². The summed E-state index contributed by atoms with van der Waals surface area (Å²) in [6.45, 7) is 2.93. The SMILES string of the molecule is O=c1c2ccsc2ncn1CC1CNCCO1. The van der Waals surface area contributed by atoms with Crippen LogP contribution in [0.1, 0.15) is 0 Å². The molecule has 6 heteroatoms. The number of thiophene rings is 1. The molecule has 0 amide bonds. The van der Waals surface area contributed by atoms with Crippen molar-refractivity contribution in [2.45, 2.75) is 12.6 Å². The number of aromatic nitrogens is 2. The van der Waals surface area contributed by atoms with Gasteiger partial charge in [-0.05, 0) is 11.4 Å². The fourth-order valence-electron chi connectivity index (χ4n) is 1.98. The number of nitrogens with one attached hydrogen (secondary N) is 1. The zero-order valence-corrected chi connectivity index (χ0v) is 10.1. The van der Waals surface area contributed by atoms with Crippen LogP contribution >= 0.6 is 11.3 Å². The van der Waals surface area contributed by atoms with E-state index in [1.165, 1.54) is 11.3 Å². The van der Waals surface area contributed by atoms with Gasteiger partial charge in [0, 0.05) is 13.1 Å². The van der Waals surface area contributed by atoms with Gasteiger partial charge < -0.3 is 10.1 Å². The van der Waals surface area contributed by atoms with E-state index in [2.05, 4.69) is 10.3 Å². The lowest BCUT2D eigenvalue weighted by Crippen LogP contribution is -2.42. The number of hydrogen-bond donors (Lipinski definition) is 1. The van der Waals surface area contributed by atoms with E-state index in [0.717, 1.165) is 17.9 Å². The van der Waals surface area contributed by atoms with Crippen LogP contribution in [0.4, 0.5) is 0 Å². The van der Waals surface area contributed by atoms with Crippen LogP contribution in [0.15, 0.2) is 22.6 Å². The first-order chi connectivity index (χ1) is 8.34. The highest BCUT2D eigenvalue weighted by Gasteiger charge is 2.15. The number of fused-ring (bicyclic) bond motifs is 1. The largest absolute Gasteiger partial charge is 0.374 e. The van der Waals surface area contributed by atoms with Crippen LogP contribution in [0, 0.1) is 0 Å². The summed E-state index contributed by atoms with van der Waals surface area (Å²) in [6, 6.07) is 1.83. The average Bonchev–Trinajstić information content (AvgIpc) is 2.83. The Morgan fingerprint density at radius 2 is 2.59 bits per heavy atom. The highest BCUT2D eigenvalue weighted by Crippen LogP contribution is 2.13. The normalized spacial score (nSPS) is 20.8. The smallest absolute Gasteiger partial charge is 0.262 e. The summed E-state index contributed by atoms with van der Waals surface area (Å²) < 4.78 is 7.21. The van der Waals surface area contributed by atoms with E-state index in [1.54, 1.807) is 10.9 Å². The summed E-state index contributed by atoms with van der Waals surface area (Å²) in [4.78, 5) is 17.2. The summed E-state index contributed by atoms with van der Waals surface area (Å²) in [7, 11) is 0. The molecule has 17 heavy (non-hydrogen) atoms. The highest BCUT2D eigenvalue weighted by atomic mass is 32.1. The third-order valence-corrected chi connectivity index (χ3v) is 3.68. The maximum atomic E-state index is 12.1. The Balaban J connectivity index is 1.89. The number of nitrogens with zero attached hydrogens (tertiary/aromatic N) is 2. The average molecular weight is 251 g/mol. The maximum absolute atomic E-state index is 12.1. The van der Waals surface area contributed by atoms with Gasteiger partial charge in [0.25, 0.3) is 5.56 Å². The minimum atomic E-state index is 0.0189. The van der Waals surface area contributed by atoms with Crippen molar-refractivity contribution in [3.8, 4) is 0 Å². The number of rotatable bonds is 2. The van der Waals surface area contributed by atoms with Gasteiger partial charge in [0.1, 0.15) is 4.83 Å². The summed E-state index contributed by atoms with van der Waals surface area (Å²) in [5.41, 5.74) is 0.0189. The zero-order valence-electron chi connectivity index (χ0n) is 9.26. The summed E-state index contributed by atoms with van der Waals surface area (Å²) in [5, 5.41) is 5.83. The fraction of sp³-hybridized carbons (Fsp3) is 0.455. The predicted octanol–water partition coefficient (Wildman–Crippen LogP) is 0.446. The fourth-order valence-corrected chi connectivity index (χ4v) is 2.70. The van der Waals surface area contributed by atoms with Crippen molar-refractivity contribution in [1.82, 2.24) is 14.9 Å². The first kappa shape index (κ1) is 10.9. The van der Waals surface area contributed by atoms with Crippen LogP contribution < -0.4 is 10.9 Å². The van der Waals surface area contributed by atoms with Crippen LogP contribution in [0.2, 0.25) is 0 Å². The number of ether oxygens (including phenoxy) is 1. The third kappa shape index (κ3) is 2.11. The monoisotopic (exact) mass is 251 g/mol. The molecule has 2 aromatic heterocycles. The zero-order chi connectivity index (χ0) is 11.7. The van der Waals surface area contributed by atoms with Gasteiger partial charge in [-0.25, -0.2) is 4.98 Å². The van der Waals surface area contributed by atoms with Gasteiger partial charge in [0.15, 0.2) is 0 Å². The predicted molar refractivity (Wildman–Crippen MR) is 66.5 cm³/mol. The molecule has 1 aliphatic heterocycles. The molecule has 2 aromatic rings. The van der Waals surface area contributed by atoms with Crippen molar-refractivity contribution in [1.29, 1.82) is 0 Å². The van der Waals surface area contributed by atoms with Crippen molar-refractivity contribution >= 4 is 21.6 Å². The van der Waals surface area contributed by atoms with Crippen LogP contribution in [-0.2, 0) is 11.3 Å². The molecule has 0 aromatic carbocycles. The minimum Gasteiger partial charge on any atom is -0.374 e. The third-order valence-electron chi connectivity index (χ3n) is 2.86. The van der Waals surface area contributed by atoms with Gasteiger partial charge in [-0.2, -0.15) is 0 Å². The van der Waals surface area contributed by atoms with Gasteiger partial charge in [-0.3, -0.25) is 9.36 Å². The summed E-state index contributed by atoms with van der Waals surface area (Å²) in [5.74, 6) is 0. The van der Waals surface area contributed by atoms with Gasteiger partial charge in [0.05, 0.1) is 31.0 Å². The Bertz CT molecular complexity index is 571. The van der Waals surface area contributed by atoms with Gasteiger partial charge in [-0.15, -0.1) is 11.3 Å². The first-order valence-electron chi connectivity index (χ1n) is 5.59. The minimum absolute atomic E-state index is 0.0189.